The smallest absolute Gasteiger partial charge is 0.328 e. The second-order valence-corrected chi connectivity index (χ2v) is 6.47. The molecular formula is C17H22O3S. The molecule has 0 atom stereocenters. The Balaban J connectivity index is 1.67. The maximum absolute atomic E-state index is 10.5. The maximum Gasteiger partial charge on any atom is 0.328 e. The van der Waals surface area contributed by atoms with E-state index < -0.39 is 5.97 Å². The van der Waals surface area contributed by atoms with Crippen molar-refractivity contribution >= 4 is 23.8 Å². The summed E-state index contributed by atoms with van der Waals surface area (Å²) >= 11 is 1.97. The molecule has 0 spiro atoms. The number of carboxylic acids is 1. The van der Waals surface area contributed by atoms with Gasteiger partial charge < -0.3 is 9.84 Å². The van der Waals surface area contributed by atoms with E-state index in [0.717, 1.165) is 29.1 Å². The fraction of sp³-hybridized carbons (Fsp3) is 0.471. The highest BCUT2D eigenvalue weighted by Crippen LogP contribution is 2.27. The number of thioether (sulfide) groups is 1. The molecule has 0 aromatic heterocycles. The van der Waals surface area contributed by atoms with Crippen molar-refractivity contribution in [3.8, 4) is 5.75 Å². The number of ether oxygens (including phenoxy) is 1. The molecule has 1 fully saturated rings. The lowest BCUT2D eigenvalue weighted by Crippen LogP contribution is -2.03. The van der Waals surface area contributed by atoms with Crippen LogP contribution in [0.25, 0.3) is 6.08 Å². The largest absolute Gasteiger partial charge is 0.493 e. The molecule has 21 heavy (non-hydrogen) atoms. The van der Waals surface area contributed by atoms with Crippen molar-refractivity contribution < 1.29 is 14.6 Å². The Labute approximate surface area is 130 Å². The van der Waals surface area contributed by atoms with Crippen LogP contribution in [0.5, 0.6) is 5.75 Å². The average Bonchev–Trinajstić information content (AvgIpc) is 2.98. The predicted octanol–water partition coefficient (Wildman–Crippen LogP) is 4.09. The van der Waals surface area contributed by atoms with Gasteiger partial charge in [-0.1, -0.05) is 25.0 Å². The van der Waals surface area contributed by atoms with E-state index in [1.54, 1.807) is 6.08 Å². The third-order valence-electron chi connectivity index (χ3n) is 3.60. The Kier molecular flexibility index (Phi) is 6.67. The zero-order valence-corrected chi connectivity index (χ0v) is 13.0. The van der Waals surface area contributed by atoms with Crippen LogP contribution in [0, 0.1) is 5.92 Å². The van der Waals surface area contributed by atoms with Crippen molar-refractivity contribution in [3.05, 3.63) is 35.9 Å². The highest BCUT2D eigenvalue weighted by molar-refractivity contribution is 7.99. The van der Waals surface area contributed by atoms with Crippen molar-refractivity contribution in [2.45, 2.75) is 25.7 Å². The van der Waals surface area contributed by atoms with Crippen LogP contribution in [0.2, 0.25) is 0 Å². The van der Waals surface area contributed by atoms with Gasteiger partial charge in [-0.25, -0.2) is 4.79 Å². The number of hydrogen-bond acceptors (Lipinski definition) is 3. The van der Waals surface area contributed by atoms with Crippen molar-refractivity contribution in [3.63, 3.8) is 0 Å². The molecule has 2 rings (SSSR count). The third-order valence-corrected chi connectivity index (χ3v) is 4.76. The fourth-order valence-corrected chi connectivity index (χ4v) is 3.56. The number of carboxylic acid groups (broad SMARTS) is 1. The lowest BCUT2D eigenvalue weighted by Gasteiger charge is -2.09. The first kappa shape index (κ1) is 16.0. The summed E-state index contributed by atoms with van der Waals surface area (Å²) in [5, 5.41) is 8.61. The van der Waals surface area contributed by atoms with Gasteiger partial charge in [0.05, 0.1) is 6.61 Å². The van der Waals surface area contributed by atoms with Crippen molar-refractivity contribution in [1.29, 1.82) is 0 Å². The van der Waals surface area contributed by atoms with Gasteiger partial charge in [0.15, 0.2) is 0 Å². The minimum Gasteiger partial charge on any atom is -0.493 e. The zero-order chi connectivity index (χ0) is 14.9. The average molecular weight is 306 g/mol. The van der Waals surface area contributed by atoms with Gasteiger partial charge in [0.25, 0.3) is 0 Å². The van der Waals surface area contributed by atoms with Gasteiger partial charge in [-0.15, -0.1) is 0 Å². The molecule has 0 saturated heterocycles. The van der Waals surface area contributed by atoms with Gasteiger partial charge in [0.2, 0.25) is 0 Å². The molecule has 0 unspecified atom stereocenters. The molecule has 1 aromatic carbocycles. The van der Waals surface area contributed by atoms with Crippen LogP contribution in [0.1, 0.15) is 31.2 Å². The molecule has 1 aliphatic carbocycles. The fourth-order valence-electron chi connectivity index (χ4n) is 2.52. The van der Waals surface area contributed by atoms with E-state index >= 15 is 0 Å². The first-order valence-corrected chi connectivity index (χ1v) is 8.61. The van der Waals surface area contributed by atoms with Gasteiger partial charge >= 0.3 is 5.97 Å². The molecule has 114 valence electrons. The van der Waals surface area contributed by atoms with Crippen LogP contribution >= 0.6 is 11.8 Å². The highest BCUT2D eigenvalue weighted by Gasteiger charge is 2.14. The lowest BCUT2D eigenvalue weighted by molar-refractivity contribution is -0.131. The summed E-state index contributed by atoms with van der Waals surface area (Å²) in [5.74, 6) is 3.03. The summed E-state index contributed by atoms with van der Waals surface area (Å²) in [5.41, 5.74) is 0.841. The van der Waals surface area contributed by atoms with Gasteiger partial charge in [-0.2, -0.15) is 11.8 Å². The SMILES string of the molecule is O=C(O)C=Cc1cccc(OCCSCC2CCCC2)c1. The molecule has 1 aliphatic rings. The predicted molar refractivity (Wildman–Crippen MR) is 87.9 cm³/mol. The van der Waals surface area contributed by atoms with Crippen LogP contribution in [0.4, 0.5) is 0 Å². The minimum absolute atomic E-state index is 0.698. The van der Waals surface area contributed by atoms with Crippen LogP contribution in [0.3, 0.4) is 0 Å². The third kappa shape index (κ3) is 6.25. The second-order valence-electron chi connectivity index (χ2n) is 5.32. The van der Waals surface area contributed by atoms with E-state index in [0.29, 0.717) is 6.61 Å². The monoisotopic (exact) mass is 306 g/mol. The van der Waals surface area contributed by atoms with E-state index in [-0.39, 0.29) is 0 Å². The van der Waals surface area contributed by atoms with E-state index in [9.17, 15) is 4.79 Å². The molecule has 1 saturated carbocycles. The minimum atomic E-state index is -0.940. The van der Waals surface area contributed by atoms with Crippen LogP contribution in [-0.4, -0.2) is 29.2 Å². The van der Waals surface area contributed by atoms with E-state index in [2.05, 4.69) is 0 Å². The molecule has 0 radical (unpaired) electrons. The van der Waals surface area contributed by atoms with Crippen LogP contribution < -0.4 is 4.74 Å². The normalized spacial score (nSPS) is 15.6. The molecule has 0 amide bonds. The second kappa shape index (κ2) is 8.78. The molecular weight excluding hydrogens is 284 g/mol. The molecule has 1 N–H and O–H groups in total. The van der Waals surface area contributed by atoms with Crippen LogP contribution in [0.15, 0.2) is 30.3 Å². The van der Waals surface area contributed by atoms with E-state index in [4.69, 9.17) is 9.84 Å². The first-order chi connectivity index (χ1) is 10.2. The Morgan fingerprint density at radius 2 is 2.19 bits per heavy atom. The molecule has 1 aromatic rings. The van der Waals surface area contributed by atoms with Gasteiger partial charge in [-0.3, -0.25) is 0 Å². The number of carbonyl (C=O) groups is 1. The first-order valence-electron chi connectivity index (χ1n) is 7.45. The summed E-state index contributed by atoms with van der Waals surface area (Å²) in [6.07, 6.45) is 8.30. The van der Waals surface area contributed by atoms with Crippen molar-refractivity contribution in [2.75, 3.05) is 18.1 Å². The molecule has 0 aliphatic heterocycles. The van der Waals surface area contributed by atoms with Gasteiger partial charge in [0, 0.05) is 11.8 Å². The van der Waals surface area contributed by atoms with E-state index in [1.165, 1.54) is 31.4 Å². The zero-order valence-electron chi connectivity index (χ0n) is 12.2. The molecule has 3 nitrogen and oxygen atoms in total. The molecule has 0 bridgehead atoms. The topological polar surface area (TPSA) is 46.5 Å². The number of benzene rings is 1. The van der Waals surface area contributed by atoms with Crippen molar-refractivity contribution in [2.24, 2.45) is 5.92 Å². The Bertz CT molecular complexity index is 479. The standard InChI is InChI=1S/C17H22O3S/c18-17(19)9-8-14-6-3-7-16(12-14)20-10-11-21-13-15-4-1-2-5-15/h3,6-9,12,15H,1-2,4-5,10-11,13H2,(H,18,19). The molecule has 0 heterocycles. The lowest BCUT2D eigenvalue weighted by atomic mass is 10.1. The van der Waals surface area contributed by atoms with Gasteiger partial charge in [-0.05, 0) is 48.3 Å². The number of aliphatic carboxylic acids is 1. The number of hydrogen-bond donors (Lipinski definition) is 1. The van der Waals surface area contributed by atoms with Crippen molar-refractivity contribution in [1.82, 2.24) is 0 Å². The summed E-state index contributed by atoms with van der Waals surface area (Å²) in [4.78, 5) is 10.5. The Morgan fingerprint density at radius 3 is 2.95 bits per heavy atom. The summed E-state index contributed by atoms with van der Waals surface area (Å²) in [7, 11) is 0. The van der Waals surface area contributed by atoms with Gasteiger partial charge in [0.1, 0.15) is 5.75 Å². The summed E-state index contributed by atoms with van der Waals surface area (Å²) in [6, 6.07) is 7.50. The summed E-state index contributed by atoms with van der Waals surface area (Å²) in [6.45, 7) is 0.698. The number of rotatable bonds is 8. The molecule has 4 heteroatoms. The maximum atomic E-state index is 10.5. The summed E-state index contributed by atoms with van der Waals surface area (Å²) < 4.78 is 5.72. The Hall–Kier alpha value is -1.42. The quantitative estimate of drug-likeness (QED) is 0.580. The highest BCUT2D eigenvalue weighted by atomic mass is 32.2. The van der Waals surface area contributed by atoms with Crippen LogP contribution in [-0.2, 0) is 4.79 Å². The Morgan fingerprint density at radius 1 is 1.38 bits per heavy atom. The van der Waals surface area contributed by atoms with E-state index in [1.807, 2.05) is 36.0 Å².